The summed E-state index contributed by atoms with van der Waals surface area (Å²) >= 11 is 1.54. The summed E-state index contributed by atoms with van der Waals surface area (Å²) in [6.45, 7) is 0.572. The number of anilines is 2. The number of benzene rings is 1. The van der Waals surface area contributed by atoms with E-state index in [4.69, 9.17) is 15.2 Å². The number of nitrogens with two attached hydrogens (primary N) is 1. The smallest absolute Gasteiger partial charge is 0.338 e. The summed E-state index contributed by atoms with van der Waals surface area (Å²) < 4.78 is 9.89. The highest BCUT2D eigenvalue weighted by Gasteiger charge is 2.14. The molecule has 0 atom stereocenters. The molecule has 1 aromatic carbocycles. The quantitative estimate of drug-likeness (QED) is 0.649. The lowest BCUT2D eigenvalue weighted by atomic mass is 10.1. The average Bonchev–Trinajstić information content (AvgIpc) is 2.98. The normalized spacial score (nSPS) is 10.1. The minimum absolute atomic E-state index is 0.380. The van der Waals surface area contributed by atoms with Gasteiger partial charge < -0.3 is 20.5 Å². The number of ether oxygens (including phenoxy) is 2. The van der Waals surface area contributed by atoms with E-state index >= 15 is 0 Å². The number of carbonyl (C=O) groups excluding carboxylic acids is 1. The number of hydrogen-bond donors (Lipinski definition) is 2. The second-order valence-corrected chi connectivity index (χ2v) is 4.92. The van der Waals surface area contributed by atoms with Crippen LogP contribution in [0.3, 0.4) is 0 Å². The zero-order valence-corrected chi connectivity index (χ0v) is 12.0. The highest BCUT2D eigenvalue weighted by molar-refractivity contribution is 7.09. The molecule has 0 aliphatic heterocycles. The largest absolute Gasteiger partial charge is 0.494 e. The van der Waals surface area contributed by atoms with Crippen molar-refractivity contribution in [1.82, 2.24) is 4.98 Å². The number of hydrogen-bond acceptors (Lipinski definition) is 7. The summed E-state index contributed by atoms with van der Waals surface area (Å²) in [6, 6.07) is 3.20. The third kappa shape index (κ3) is 3.00. The van der Waals surface area contributed by atoms with Gasteiger partial charge in [0, 0.05) is 11.1 Å². The molecule has 0 bridgehead atoms. The molecule has 2 rings (SSSR count). The van der Waals surface area contributed by atoms with E-state index in [-0.39, 0.29) is 0 Å². The van der Waals surface area contributed by atoms with Gasteiger partial charge in [0.15, 0.2) is 0 Å². The Balaban J connectivity index is 2.27. The summed E-state index contributed by atoms with van der Waals surface area (Å²) in [5.41, 5.74) is 9.20. The Morgan fingerprint density at radius 3 is 2.85 bits per heavy atom. The SMILES string of the molecule is COC(=O)c1cc(NCc2cncs2)c(N)c(OC)c1. The Hall–Kier alpha value is -2.28. The fourth-order valence-electron chi connectivity index (χ4n) is 1.69. The minimum Gasteiger partial charge on any atom is -0.494 e. The lowest BCUT2D eigenvalue weighted by molar-refractivity contribution is 0.0600. The van der Waals surface area contributed by atoms with Gasteiger partial charge in [0.25, 0.3) is 0 Å². The molecule has 0 unspecified atom stereocenters. The van der Waals surface area contributed by atoms with E-state index in [0.29, 0.717) is 29.2 Å². The van der Waals surface area contributed by atoms with Crippen molar-refractivity contribution in [2.45, 2.75) is 6.54 Å². The van der Waals surface area contributed by atoms with Gasteiger partial charge in [0.05, 0.1) is 43.2 Å². The highest BCUT2D eigenvalue weighted by Crippen LogP contribution is 2.32. The van der Waals surface area contributed by atoms with E-state index in [1.165, 1.54) is 25.6 Å². The number of rotatable bonds is 5. The second-order valence-electron chi connectivity index (χ2n) is 3.95. The molecule has 0 radical (unpaired) electrons. The number of aromatic nitrogens is 1. The monoisotopic (exact) mass is 293 g/mol. The van der Waals surface area contributed by atoms with Gasteiger partial charge in [0.1, 0.15) is 5.75 Å². The molecule has 20 heavy (non-hydrogen) atoms. The maximum atomic E-state index is 11.6. The number of esters is 1. The van der Waals surface area contributed by atoms with Crippen molar-refractivity contribution in [1.29, 1.82) is 0 Å². The molecule has 0 spiro atoms. The maximum Gasteiger partial charge on any atom is 0.338 e. The summed E-state index contributed by atoms with van der Waals surface area (Å²) in [4.78, 5) is 16.7. The number of methoxy groups -OCH3 is 2. The van der Waals surface area contributed by atoms with E-state index < -0.39 is 5.97 Å². The van der Waals surface area contributed by atoms with Crippen LogP contribution in [0.15, 0.2) is 23.8 Å². The fraction of sp³-hybridized carbons (Fsp3) is 0.231. The Labute approximate surface area is 120 Å². The molecule has 1 aromatic heterocycles. The van der Waals surface area contributed by atoms with Crippen molar-refractivity contribution in [2.24, 2.45) is 0 Å². The van der Waals surface area contributed by atoms with Gasteiger partial charge in [-0.3, -0.25) is 4.98 Å². The fourth-order valence-corrected chi connectivity index (χ4v) is 2.22. The number of nitrogens with zero attached hydrogens (tertiary/aromatic N) is 1. The molecule has 7 heteroatoms. The molecule has 0 amide bonds. The summed E-state index contributed by atoms with van der Waals surface area (Å²) in [6.07, 6.45) is 1.77. The van der Waals surface area contributed by atoms with Crippen LogP contribution in [0.4, 0.5) is 11.4 Å². The summed E-state index contributed by atoms with van der Waals surface area (Å²) in [5.74, 6) is -0.0103. The Kier molecular flexibility index (Phi) is 4.41. The van der Waals surface area contributed by atoms with Crippen LogP contribution < -0.4 is 15.8 Å². The van der Waals surface area contributed by atoms with Crippen LogP contribution in [0.25, 0.3) is 0 Å². The first-order valence-corrected chi connectivity index (χ1v) is 6.70. The molecule has 2 aromatic rings. The predicted molar refractivity (Wildman–Crippen MR) is 78.2 cm³/mol. The van der Waals surface area contributed by atoms with Crippen LogP contribution in [-0.4, -0.2) is 25.2 Å². The standard InChI is InChI=1S/C13H15N3O3S/c1-18-11-4-8(13(17)19-2)3-10(12(11)14)16-6-9-5-15-7-20-9/h3-5,7,16H,6,14H2,1-2H3. The summed E-state index contributed by atoms with van der Waals surface area (Å²) in [5, 5.41) is 3.17. The van der Waals surface area contributed by atoms with Crippen molar-refractivity contribution in [3.8, 4) is 5.75 Å². The van der Waals surface area contributed by atoms with Crippen LogP contribution in [0, 0.1) is 0 Å². The van der Waals surface area contributed by atoms with E-state index in [1.54, 1.807) is 23.8 Å². The maximum absolute atomic E-state index is 11.6. The van der Waals surface area contributed by atoms with Crippen molar-refractivity contribution < 1.29 is 14.3 Å². The Morgan fingerprint density at radius 2 is 2.25 bits per heavy atom. The zero-order valence-electron chi connectivity index (χ0n) is 11.2. The van der Waals surface area contributed by atoms with Gasteiger partial charge in [-0.15, -0.1) is 11.3 Å². The predicted octanol–water partition coefficient (Wildman–Crippen LogP) is 2.13. The van der Waals surface area contributed by atoms with Gasteiger partial charge >= 0.3 is 5.97 Å². The molecule has 0 aliphatic rings. The molecular weight excluding hydrogens is 278 g/mol. The number of nitrogen functional groups attached to an aromatic ring is 1. The Bertz CT molecular complexity index is 599. The molecule has 3 N–H and O–H groups in total. The second kappa shape index (κ2) is 6.25. The minimum atomic E-state index is -0.441. The third-order valence-corrected chi connectivity index (χ3v) is 3.50. The molecule has 0 saturated carbocycles. The lowest BCUT2D eigenvalue weighted by Crippen LogP contribution is -2.07. The van der Waals surface area contributed by atoms with Gasteiger partial charge in [-0.25, -0.2) is 4.79 Å². The van der Waals surface area contributed by atoms with Gasteiger partial charge in [-0.2, -0.15) is 0 Å². The topological polar surface area (TPSA) is 86.5 Å². The molecule has 0 fully saturated rings. The average molecular weight is 293 g/mol. The number of thiazole rings is 1. The zero-order chi connectivity index (χ0) is 14.5. The third-order valence-electron chi connectivity index (χ3n) is 2.72. The van der Waals surface area contributed by atoms with E-state index in [9.17, 15) is 4.79 Å². The molecule has 6 nitrogen and oxygen atoms in total. The Morgan fingerprint density at radius 1 is 1.45 bits per heavy atom. The first-order valence-electron chi connectivity index (χ1n) is 5.82. The van der Waals surface area contributed by atoms with Crippen LogP contribution in [-0.2, 0) is 11.3 Å². The molecule has 0 saturated heterocycles. The molecule has 1 heterocycles. The summed E-state index contributed by atoms with van der Waals surface area (Å²) in [7, 11) is 2.83. The number of carbonyl (C=O) groups is 1. The van der Waals surface area contributed by atoms with Gasteiger partial charge in [0.2, 0.25) is 0 Å². The van der Waals surface area contributed by atoms with Crippen LogP contribution in [0.2, 0.25) is 0 Å². The van der Waals surface area contributed by atoms with Gasteiger partial charge in [-0.1, -0.05) is 0 Å². The van der Waals surface area contributed by atoms with Crippen LogP contribution >= 0.6 is 11.3 Å². The van der Waals surface area contributed by atoms with Crippen molar-refractivity contribution in [3.05, 3.63) is 34.3 Å². The van der Waals surface area contributed by atoms with Crippen LogP contribution in [0.1, 0.15) is 15.2 Å². The van der Waals surface area contributed by atoms with Crippen molar-refractivity contribution >= 4 is 28.7 Å². The van der Waals surface area contributed by atoms with Crippen LogP contribution in [0.5, 0.6) is 5.75 Å². The highest BCUT2D eigenvalue weighted by atomic mass is 32.1. The first kappa shape index (κ1) is 14.1. The first-order chi connectivity index (χ1) is 9.65. The van der Waals surface area contributed by atoms with E-state index in [0.717, 1.165) is 4.88 Å². The molecular formula is C13H15N3O3S. The molecule has 0 aliphatic carbocycles. The van der Waals surface area contributed by atoms with E-state index in [2.05, 4.69) is 10.3 Å². The number of nitrogens with one attached hydrogen (secondary N) is 1. The van der Waals surface area contributed by atoms with Crippen molar-refractivity contribution in [2.75, 3.05) is 25.3 Å². The van der Waals surface area contributed by atoms with Crippen molar-refractivity contribution in [3.63, 3.8) is 0 Å². The molecule has 106 valence electrons. The van der Waals surface area contributed by atoms with E-state index in [1.807, 2.05) is 0 Å². The lowest BCUT2D eigenvalue weighted by Gasteiger charge is -2.13. The van der Waals surface area contributed by atoms with Gasteiger partial charge in [-0.05, 0) is 12.1 Å².